The molecule has 2 aromatic carbocycles. The van der Waals surface area contributed by atoms with Crippen LogP contribution in [0.5, 0.6) is 0 Å². The first-order valence-electron chi connectivity index (χ1n) is 12.0. The fourth-order valence-corrected chi connectivity index (χ4v) is 4.27. The highest BCUT2D eigenvalue weighted by Gasteiger charge is 2.24. The lowest BCUT2D eigenvalue weighted by Crippen LogP contribution is -2.26. The van der Waals surface area contributed by atoms with Gasteiger partial charge in [0.1, 0.15) is 6.33 Å². The molecule has 12 nitrogen and oxygen atoms in total. The Morgan fingerprint density at radius 3 is 2.23 bits per heavy atom. The Labute approximate surface area is 238 Å². The molecule has 0 spiro atoms. The van der Waals surface area contributed by atoms with Crippen molar-refractivity contribution < 1.29 is 30.7 Å². The molecule has 4 rings (SSSR count). The molecule has 1 saturated carbocycles. The smallest absolute Gasteiger partial charge is 0.265 e. The van der Waals surface area contributed by atoms with Crippen LogP contribution in [0.3, 0.4) is 0 Å². The minimum absolute atomic E-state index is 0.0971. The summed E-state index contributed by atoms with van der Waals surface area (Å²) >= 11 is 1.72. The largest absolute Gasteiger partial charge is 0.349 e. The molecule has 0 radical (unpaired) electrons. The zero-order chi connectivity index (χ0) is 30.3. The van der Waals surface area contributed by atoms with Crippen LogP contribution >= 0.6 is 11.8 Å². The van der Waals surface area contributed by atoms with Crippen molar-refractivity contribution in [1.29, 1.82) is 0 Å². The van der Waals surface area contributed by atoms with Gasteiger partial charge in [0.05, 0.1) is 29.1 Å². The Bertz CT molecular complexity index is 1570. The van der Waals surface area contributed by atoms with E-state index in [0.717, 1.165) is 35.6 Å². The molecule has 1 aliphatic carbocycles. The Hall–Kier alpha value is -2.82. The van der Waals surface area contributed by atoms with Crippen LogP contribution < -0.4 is 10.9 Å². The second-order valence-corrected chi connectivity index (χ2v) is 13.6. The van der Waals surface area contributed by atoms with Gasteiger partial charge in [-0.15, -0.1) is 11.8 Å². The van der Waals surface area contributed by atoms with Crippen molar-refractivity contribution in [3.05, 3.63) is 64.2 Å². The maximum atomic E-state index is 13.3. The first-order valence-corrected chi connectivity index (χ1v) is 16.7. The van der Waals surface area contributed by atoms with Gasteiger partial charge >= 0.3 is 0 Å². The molecule has 0 atom stereocenters. The zero-order valence-corrected chi connectivity index (χ0v) is 25.3. The predicted octanol–water partition coefficient (Wildman–Crippen LogP) is 2.25. The molecule has 0 aliphatic heterocycles. The van der Waals surface area contributed by atoms with Gasteiger partial charge in [0.15, 0.2) is 0 Å². The highest BCUT2D eigenvalue weighted by molar-refractivity contribution is 7.99. The van der Waals surface area contributed by atoms with E-state index in [9.17, 15) is 26.4 Å². The number of nitrogens with one attached hydrogen (secondary N) is 1. The highest BCUT2D eigenvalue weighted by Crippen LogP contribution is 2.23. The zero-order valence-electron chi connectivity index (χ0n) is 22.9. The van der Waals surface area contributed by atoms with Crippen LogP contribution in [0.2, 0.25) is 0 Å². The van der Waals surface area contributed by atoms with Crippen LogP contribution in [0.15, 0.2) is 52.4 Å². The number of hydrogen-bond acceptors (Lipinski definition) is 9. The Kier molecular flexibility index (Phi) is 11.8. The summed E-state index contributed by atoms with van der Waals surface area (Å²) in [7, 11) is -3.24. The SMILES string of the molecule is CS(=O)(=O)O.CS(=O)(=O)O.Cc1ccc(C(=O)NC2CC2)cc1-n1cnc2ccc(SCCN(C)C)cc2c1=O. The van der Waals surface area contributed by atoms with E-state index in [1.165, 1.54) is 0 Å². The molecule has 3 N–H and O–H groups in total. The van der Waals surface area contributed by atoms with E-state index in [0.29, 0.717) is 34.7 Å². The Morgan fingerprint density at radius 2 is 1.68 bits per heavy atom. The number of rotatable bonds is 7. The van der Waals surface area contributed by atoms with Crippen LogP contribution in [0.1, 0.15) is 28.8 Å². The summed E-state index contributed by atoms with van der Waals surface area (Å²) in [6, 6.07) is 11.6. The Balaban J connectivity index is 0.000000482. The lowest BCUT2D eigenvalue weighted by Gasteiger charge is -2.13. The van der Waals surface area contributed by atoms with E-state index in [1.54, 1.807) is 34.8 Å². The number of nitrogens with zero attached hydrogens (tertiary/aromatic N) is 3. The third-order valence-corrected chi connectivity index (χ3v) is 6.15. The molecular formula is C25H34N4O8S3. The minimum atomic E-state index is -3.67. The van der Waals surface area contributed by atoms with Gasteiger partial charge in [0.25, 0.3) is 31.7 Å². The molecule has 40 heavy (non-hydrogen) atoms. The lowest BCUT2D eigenvalue weighted by atomic mass is 10.1. The number of fused-ring (bicyclic) bond motifs is 1. The summed E-state index contributed by atoms with van der Waals surface area (Å²) in [6.45, 7) is 2.90. The molecule has 0 unspecified atom stereocenters. The van der Waals surface area contributed by atoms with Crippen LogP contribution in [-0.2, 0) is 20.2 Å². The van der Waals surface area contributed by atoms with Gasteiger partial charge in [-0.3, -0.25) is 23.3 Å². The summed E-state index contributed by atoms with van der Waals surface area (Å²) in [4.78, 5) is 33.4. The summed E-state index contributed by atoms with van der Waals surface area (Å²) in [5.41, 5.74) is 2.70. The minimum Gasteiger partial charge on any atom is -0.349 e. The van der Waals surface area contributed by atoms with Crippen molar-refractivity contribution in [2.24, 2.45) is 0 Å². The predicted molar refractivity (Wildman–Crippen MR) is 157 cm³/mol. The van der Waals surface area contributed by atoms with E-state index < -0.39 is 20.2 Å². The first-order chi connectivity index (χ1) is 18.4. The lowest BCUT2D eigenvalue weighted by molar-refractivity contribution is 0.0951. The molecule has 3 aromatic rings. The standard InChI is InChI=1S/C23H26N4O2S.2CH4O3S/c1-15-4-5-16(22(28)25-17-6-7-17)12-21(15)27-14-24-20-9-8-18(13-19(20)23(27)29)30-11-10-26(2)3;2*1-5(2,3)4/h4-5,8-9,12-14,17H,6-7,10-11H2,1-3H3,(H,25,28);2*1H3,(H,2,3,4). The number of carbonyl (C=O) groups is 1. The Morgan fingerprint density at radius 1 is 1.07 bits per heavy atom. The molecular weight excluding hydrogens is 580 g/mol. The highest BCUT2D eigenvalue weighted by atomic mass is 32.2. The molecule has 1 aromatic heterocycles. The van der Waals surface area contributed by atoms with Gasteiger partial charge in [0, 0.05) is 28.8 Å². The molecule has 1 amide bonds. The third kappa shape index (κ3) is 12.6. The summed E-state index contributed by atoms with van der Waals surface area (Å²) in [6.07, 6.45) is 5.05. The molecule has 1 heterocycles. The third-order valence-electron chi connectivity index (χ3n) is 5.18. The summed E-state index contributed by atoms with van der Waals surface area (Å²) in [5, 5.41) is 3.58. The van der Waals surface area contributed by atoms with Crippen LogP contribution in [0, 0.1) is 6.92 Å². The summed E-state index contributed by atoms with van der Waals surface area (Å²) < 4.78 is 53.3. The van der Waals surface area contributed by atoms with Gasteiger partial charge in [-0.25, -0.2) is 4.98 Å². The van der Waals surface area contributed by atoms with E-state index in [-0.39, 0.29) is 17.5 Å². The molecule has 1 aliphatic rings. The van der Waals surface area contributed by atoms with Crippen LogP contribution in [0.4, 0.5) is 0 Å². The van der Waals surface area contributed by atoms with Gasteiger partial charge < -0.3 is 10.2 Å². The van der Waals surface area contributed by atoms with Gasteiger partial charge in [0.2, 0.25) is 0 Å². The monoisotopic (exact) mass is 614 g/mol. The molecule has 15 heteroatoms. The van der Waals surface area contributed by atoms with Gasteiger partial charge in [-0.2, -0.15) is 16.8 Å². The van der Waals surface area contributed by atoms with Crippen molar-refractivity contribution in [3.63, 3.8) is 0 Å². The number of aryl methyl sites for hydroxylation is 1. The van der Waals surface area contributed by atoms with Crippen molar-refractivity contribution >= 4 is 48.8 Å². The van der Waals surface area contributed by atoms with E-state index in [1.807, 2.05) is 45.3 Å². The van der Waals surface area contributed by atoms with Crippen molar-refractivity contribution in [1.82, 2.24) is 19.8 Å². The average molecular weight is 615 g/mol. The topological polar surface area (TPSA) is 176 Å². The normalized spacial score (nSPS) is 13.2. The van der Waals surface area contributed by atoms with Crippen LogP contribution in [0.25, 0.3) is 16.6 Å². The second-order valence-electron chi connectivity index (χ2n) is 9.47. The van der Waals surface area contributed by atoms with Gasteiger partial charge in [-0.1, -0.05) is 6.07 Å². The number of benzene rings is 2. The van der Waals surface area contributed by atoms with E-state index in [2.05, 4.69) is 15.2 Å². The van der Waals surface area contributed by atoms with Crippen molar-refractivity contribution in [2.45, 2.75) is 30.7 Å². The van der Waals surface area contributed by atoms with Crippen molar-refractivity contribution in [2.75, 3.05) is 38.9 Å². The number of thioether (sulfide) groups is 1. The first kappa shape index (κ1) is 33.4. The molecule has 0 saturated heterocycles. The number of hydrogen-bond donors (Lipinski definition) is 3. The van der Waals surface area contributed by atoms with Crippen LogP contribution in [-0.4, -0.2) is 91.2 Å². The quantitative estimate of drug-likeness (QED) is 0.263. The fraction of sp³-hybridized carbons (Fsp3) is 0.400. The van der Waals surface area contributed by atoms with E-state index >= 15 is 0 Å². The maximum Gasteiger partial charge on any atom is 0.265 e. The maximum absolute atomic E-state index is 13.3. The molecule has 1 fully saturated rings. The second kappa shape index (κ2) is 14.2. The number of amides is 1. The average Bonchev–Trinajstić information content (AvgIpc) is 3.62. The fourth-order valence-electron chi connectivity index (χ4n) is 3.22. The number of aromatic nitrogens is 2. The van der Waals surface area contributed by atoms with Crippen molar-refractivity contribution in [3.8, 4) is 5.69 Å². The summed E-state index contributed by atoms with van der Waals surface area (Å²) in [5.74, 6) is 0.852. The molecule has 0 bridgehead atoms. The number of carbonyl (C=O) groups excluding carboxylic acids is 1. The van der Waals surface area contributed by atoms with E-state index in [4.69, 9.17) is 9.11 Å². The van der Waals surface area contributed by atoms with Gasteiger partial charge in [-0.05, 0) is 69.8 Å². The molecule has 220 valence electrons.